The van der Waals surface area contributed by atoms with Crippen LogP contribution in [0.25, 0.3) is 0 Å². The normalized spacial score (nSPS) is 22.6. The third-order valence-electron chi connectivity index (χ3n) is 5.49. The molecule has 0 bridgehead atoms. The van der Waals surface area contributed by atoms with E-state index in [4.69, 9.17) is 4.84 Å². The molecule has 3 heterocycles. The Morgan fingerprint density at radius 1 is 0.871 bits per heavy atom. The summed E-state index contributed by atoms with van der Waals surface area (Å²) in [6.45, 7) is 0. The molecule has 0 aliphatic carbocycles. The van der Waals surface area contributed by atoms with E-state index in [1.54, 1.807) is 29.6 Å². The predicted molar refractivity (Wildman–Crippen MR) is 110 cm³/mol. The Balaban J connectivity index is 1.54. The summed E-state index contributed by atoms with van der Waals surface area (Å²) < 4.78 is 0. The molecule has 0 spiro atoms. The first-order valence-corrected chi connectivity index (χ1v) is 9.59. The number of nitro groups is 1. The number of imide groups is 1. The molecule has 3 aromatic rings. The maximum absolute atomic E-state index is 13.4. The molecule has 2 aliphatic heterocycles. The van der Waals surface area contributed by atoms with Gasteiger partial charge < -0.3 is 0 Å². The van der Waals surface area contributed by atoms with Crippen molar-refractivity contribution in [3.8, 4) is 0 Å². The number of nitro benzene ring substituents is 1. The van der Waals surface area contributed by atoms with Gasteiger partial charge in [0.15, 0.2) is 6.10 Å². The van der Waals surface area contributed by atoms with Crippen LogP contribution in [0.3, 0.4) is 0 Å². The highest BCUT2D eigenvalue weighted by Crippen LogP contribution is 2.47. The molecule has 2 saturated heterocycles. The number of fused-ring (bicyclic) bond motifs is 1. The average Bonchev–Trinajstić information content (AvgIpc) is 3.31. The number of benzene rings is 2. The number of hydrogen-bond acceptors (Lipinski definition) is 7. The second kappa shape index (κ2) is 7.29. The van der Waals surface area contributed by atoms with Crippen LogP contribution in [0.1, 0.15) is 11.6 Å². The largest absolute Gasteiger partial charge is 0.273 e. The molecular formula is C22H16N4O5. The molecule has 9 nitrogen and oxygen atoms in total. The summed E-state index contributed by atoms with van der Waals surface area (Å²) in [5, 5.41) is 12.5. The fourth-order valence-electron chi connectivity index (χ4n) is 4.09. The fraction of sp³-hybridized carbons (Fsp3) is 0.136. The highest BCUT2D eigenvalue weighted by molar-refractivity contribution is 6.23. The molecule has 3 atom stereocenters. The molecule has 0 saturated carbocycles. The molecule has 2 aromatic carbocycles. The second-order valence-electron chi connectivity index (χ2n) is 7.22. The highest BCUT2D eigenvalue weighted by Gasteiger charge is 2.60. The molecular weight excluding hydrogens is 400 g/mol. The zero-order chi connectivity index (χ0) is 21.5. The summed E-state index contributed by atoms with van der Waals surface area (Å²) >= 11 is 0. The van der Waals surface area contributed by atoms with Gasteiger partial charge in [-0.2, -0.15) is 0 Å². The zero-order valence-electron chi connectivity index (χ0n) is 16.1. The van der Waals surface area contributed by atoms with Gasteiger partial charge in [0.2, 0.25) is 5.91 Å². The van der Waals surface area contributed by atoms with Crippen molar-refractivity contribution in [2.45, 2.75) is 12.1 Å². The lowest BCUT2D eigenvalue weighted by Gasteiger charge is -2.28. The van der Waals surface area contributed by atoms with Crippen LogP contribution in [0.2, 0.25) is 0 Å². The van der Waals surface area contributed by atoms with Crippen molar-refractivity contribution in [3.05, 3.63) is 94.8 Å². The number of rotatable bonds is 4. The number of carbonyl (C=O) groups is 2. The Hall–Kier alpha value is -4.11. The van der Waals surface area contributed by atoms with Crippen molar-refractivity contribution in [3.63, 3.8) is 0 Å². The van der Waals surface area contributed by atoms with Gasteiger partial charge in [-0.3, -0.25) is 29.5 Å². The summed E-state index contributed by atoms with van der Waals surface area (Å²) in [6.07, 6.45) is 2.25. The van der Waals surface area contributed by atoms with Gasteiger partial charge in [-0.25, -0.2) is 9.96 Å². The van der Waals surface area contributed by atoms with Crippen LogP contribution in [0.5, 0.6) is 0 Å². The van der Waals surface area contributed by atoms with E-state index in [1.165, 1.54) is 24.3 Å². The van der Waals surface area contributed by atoms with Gasteiger partial charge >= 0.3 is 0 Å². The quantitative estimate of drug-likeness (QED) is 0.366. The van der Waals surface area contributed by atoms with Crippen LogP contribution in [-0.2, 0) is 14.4 Å². The fourth-order valence-corrected chi connectivity index (χ4v) is 4.09. The van der Waals surface area contributed by atoms with Crippen LogP contribution in [0.15, 0.2) is 79.1 Å². The Morgan fingerprint density at radius 3 is 2.19 bits per heavy atom. The van der Waals surface area contributed by atoms with E-state index < -0.39 is 34.8 Å². The SMILES string of the molecule is O=C1[C@@H]2[C@@H](c3ccncc3)N(c3ccccc3)O[C@H]2C(=O)N1c1ccc([N+](=O)[O-])cc1. The number of carbonyl (C=O) groups excluding carboxylic acids is 2. The lowest BCUT2D eigenvalue weighted by molar-refractivity contribution is -0.384. The molecule has 2 amide bonds. The minimum absolute atomic E-state index is 0.121. The van der Waals surface area contributed by atoms with E-state index in [9.17, 15) is 19.7 Å². The third-order valence-corrected chi connectivity index (χ3v) is 5.49. The monoisotopic (exact) mass is 416 g/mol. The van der Waals surface area contributed by atoms with Gasteiger partial charge in [0.05, 0.1) is 22.3 Å². The molecule has 2 fully saturated rings. The molecule has 154 valence electrons. The number of anilines is 2. The van der Waals surface area contributed by atoms with E-state index in [2.05, 4.69) is 4.98 Å². The third kappa shape index (κ3) is 3.03. The summed E-state index contributed by atoms with van der Waals surface area (Å²) in [7, 11) is 0. The lowest BCUT2D eigenvalue weighted by atomic mass is 9.91. The van der Waals surface area contributed by atoms with Gasteiger partial charge in [0.1, 0.15) is 5.92 Å². The van der Waals surface area contributed by atoms with E-state index in [-0.39, 0.29) is 11.4 Å². The van der Waals surface area contributed by atoms with Gasteiger partial charge in [-0.1, -0.05) is 18.2 Å². The topological polar surface area (TPSA) is 106 Å². The lowest BCUT2D eigenvalue weighted by Crippen LogP contribution is -2.37. The molecule has 0 N–H and O–H groups in total. The van der Waals surface area contributed by atoms with Gasteiger partial charge in [0.25, 0.3) is 11.6 Å². The zero-order valence-corrected chi connectivity index (χ0v) is 16.1. The molecule has 31 heavy (non-hydrogen) atoms. The Kier molecular flexibility index (Phi) is 4.45. The summed E-state index contributed by atoms with van der Waals surface area (Å²) in [5.74, 6) is -1.68. The number of amides is 2. The smallest absolute Gasteiger partial charge is 0.269 e. The van der Waals surface area contributed by atoms with Crippen molar-refractivity contribution in [2.75, 3.05) is 9.96 Å². The van der Waals surface area contributed by atoms with E-state index in [0.717, 1.165) is 16.2 Å². The van der Waals surface area contributed by atoms with Crippen LogP contribution in [0.4, 0.5) is 17.1 Å². The first-order chi connectivity index (χ1) is 15.1. The maximum atomic E-state index is 13.4. The average molecular weight is 416 g/mol. The number of hydroxylamine groups is 1. The number of non-ortho nitro benzene ring substituents is 1. The van der Waals surface area contributed by atoms with Crippen molar-refractivity contribution in [1.82, 2.24) is 4.98 Å². The number of nitrogens with zero attached hydrogens (tertiary/aromatic N) is 4. The molecule has 0 unspecified atom stereocenters. The van der Waals surface area contributed by atoms with Crippen LogP contribution in [0, 0.1) is 16.0 Å². The van der Waals surface area contributed by atoms with Gasteiger partial charge in [0, 0.05) is 24.5 Å². The number of pyridine rings is 1. The number of hydrogen-bond donors (Lipinski definition) is 0. The van der Waals surface area contributed by atoms with Crippen molar-refractivity contribution < 1.29 is 19.3 Å². The highest BCUT2D eigenvalue weighted by atomic mass is 16.7. The van der Waals surface area contributed by atoms with Crippen molar-refractivity contribution >= 4 is 28.9 Å². The number of para-hydroxylation sites is 1. The van der Waals surface area contributed by atoms with E-state index in [0.29, 0.717) is 0 Å². The Labute approximate surface area is 176 Å². The molecule has 5 rings (SSSR count). The summed E-state index contributed by atoms with van der Waals surface area (Å²) in [6, 6.07) is 17.6. The second-order valence-corrected chi connectivity index (χ2v) is 7.22. The first kappa shape index (κ1) is 18.9. The summed E-state index contributed by atoms with van der Waals surface area (Å²) in [5.41, 5.74) is 1.67. The van der Waals surface area contributed by atoms with Crippen molar-refractivity contribution in [2.24, 2.45) is 5.92 Å². The summed E-state index contributed by atoms with van der Waals surface area (Å²) in [4.78, 5) is 48.1. The molecule has 9 heteroatoms. The first-order valence-electron chi connectivity index (χ1n) is 9.59. The van der Waals surface area contributed by atoms with Gasteiger partial charge in [-0.05, 0) is 42.0 Å². The minimum atomic E-state index is -0.999. The van der Waals surface area contributed by atoms with Crippen LogP contribution < -0.4 is 9.96 Å². The van der Waals surface area contributed by atoms with E-state index >= 15 is 0 Å². The molecule has 0 radical (unpaired) electrons. The predicted octanol–water partition coefficient (Wildman–Crippen LogP) is 3.04. The van der Waals surface area contributed by atoms with Crippen LogP contribution >= 0.6 is 0 Å². The van der Waals surface area contributed by atoms with Crippen LogP contribution in [-0.4, -0.2) is 27.8 Å². The Bertz CT molecular complexity index is 1150. The molecule has 2 aliphatic rings. The Morgan fingerprint density at radius 2 is 1.55 bits per heavy atom. The number of aromatic nitrogens is 1. The standard InChI is InChI=1S/C22H16N4O5/c27-21-18-19(14-10-12-23-13-11-14)25(16-4-2-1-3-5-16)31-20(18)22(28)24(21)15-6-8-17(9-7-15)26(29)30/h1-13,18-20H/t18-,19-,20-/m1/s1. The minimum Gasteiger partial charge on any atom is -0.273 e. The van der Waals surface area contributed by atoms with Gasteiger partial charge in [-0.15, -0.1) is 0 Å². The van der Waals surface area contributed by atoms with E-state index in [1.807, 2.05) is 30.3 Å². The molecule has 1 aromatic heterocycles. The van der Waals surface area contributed by atoms with Crippen molar-refractivity contribution in [1.29, 1.82) is 0 Å². The maximum Gasteiger partial charge on any atom is 0.269 e.